The monoisotopic (exact) mass is 488 g/mol. The lowest BCUT2D eigenvalue weighted by Crippen LogP contribution is -2.48. The Morgan fingerprint density at radius 3 is 2.54 bits per heavy atom. The topological polar surface area (TPSA) is 84.0 Å². The first-order valence-electron chi connectivity index (χ1n) is 11.5. The number of nitrogens with two attached hydrogens (primary N) is 1. The molecule has 2 aliphatic rings. The molecule has 0 radical (unpaired) electrons. The largest absolute Gasteiger partial charge is 0.506 e. The Morgan fingerprint density at radius 1 is 1.11 bits per heavy atom. The summed E-state index contributed by atoms with van der Waals surface area (Å²) in [5, 5.41) is 10.6. The Bertz CT molecular complexity index is 1500. The second-order valence-corrected chi connectivity index (χ2v) is 9.63. The SMILES string of the molecule is [C-]#[N+]c1ccc(-c2nc(N3C4CCC3CC(N)C4)n3ccnc3c2-c2ccc(Cl)c(O)c2)cc1F. The van der Waals surface area contributed by atoms with E-state index in [0.717, 1.165) is 31.6 Å². The predicted octanol–water partition coefficient (Wildman–Crippen LogP) is 5.57. The Balaban J connectivity index is 1.64. The zero-order valence-corrected chi connectivity index (χ0v) is 19.5. The minimum atomic E-state index is -0.613. The van der Waals surface area contributed by atoms with Crippen LogP contribution in [0.15, 0.2) is 48.8 Å². The summed E-state index contributed by atoms with van der Waals surface area (Å²) < 4.78 is 16.7. The standard InChI is InChI=1S/C26H22ClFN6O/c1-30-21-7-3-15(10-20(21)28)24-23(14-2-6-19(27)22(35)11-14)25-31-8-9-33(25)26(32-24)34-17-4-5-18(34)13-16(29)12-17/h2-3,6-11,16-18,35H,4-5,12-13,29H2. The van der Waals surface area contributed by atoms with Crippen LogP contribution in [-0.4, -0.2) is 37.6 Å². The van der Waals surface area contributed by atoms with Gasteiger partial charge in [0.25, 0.3) is 0 Å². The average molecular weight is 489 g/mol. The van der Waals surface area contributed by atoms with Crippen molar-refractivity contribution in [1.29, 1.82) is 0 Å². The molecule has 0 saturated carbocycles. The molecule has 2 saturated heterocycles. The van der Waals surface area contributed by atoms with Crippen molar-refractivity contribution < 1.29 is 9.50 Å². The maximum Gasteiger partial charge on any atom is 0.222 e. The van der Waals surface area contributed by atoms with E-state index in [1.165, 1.54) is 12.1 Å². The maximum absolute atomic E-state index is 14.7. The van der Waals surface area contributed by atoms with Crippen LogP contribution in [0.5, 0.6) is 5.75 Å². The highest BCUT2D eigenvalue weighted by Gasteiger charge is 2.41. The van der Waals surface area contributed by atoms with E-state index in [9.17, 15) is 9.50 Å². The van der Waals surface area contributed by atoms with Crippen LogP contribution in [0.2, 0.25) is 5.02 Å². The van der Waals surface area contributed by atoms with Gasteiger partial charge >= 0.3 is 0 Å². The fraction of sp³-hybridized carbons (Fsp3) is 0.269. The number of phenols is 1. The van der Waals surface area contributed by atoms with E-state index in [1.54, 1.807) is 30.5 Å². The predicted molar refractivity (Wildman–Crippen MR) is 133 cm³/mol. The van der Waals surface area contributed by atoms with Crippen molar-refractivity contribution in [2.45, 2.75) is 43.8 Å². The molecule has 0 aliphatic carbocycles. The van der Waals surface area contributed by atoms with Crippen LogP contribution >= 0.6 is 11.6 Å². The van der Waals surface area contributed by atoms with Crippen molar-refractivity contribution in [1.82, 2.24) is 14.4 Å². The number of phenolic OH excluding ortho intramolecular Hbond substituents is 1. The second kappa shape index (κ2) is 8.22. The summed E-state index contributed by atoms with van der Waals surface area (Å²) in [5.74, 6) is 0.0583. The van der Waals surface area contributed by atoms with Gasteiger partial charge in [-0.2, -0.15) is 0 Å². The van der Waals surface area contributed by atoms with Crippen LogP contribution in [0, 0.1) is 12.4 Å². The molecule has 35 heavy (non-hydrogen) atoms. The normalized spacial score (nSPS) is 21.4. The van der Waals surface area contributed by atoms with Gasteiger partial charge in [-0.05, 0) is 49.4 Å². The smallest absolute Gasteiger partial charge is 0.222 e. The van der Waals surface area contributed by atoms with Crippen molar-refractivity contribution in [2.75, 3.05) is 4.90 Å². The van der Waals surface area contributed by atoms with E-state index in [4.69, 9.17) is 28.9 Å². The zero-order chi connectivity index (χ0) is 24.3. The third-order valence-electron chi connectivity index (χ3n) is 7.11. The number of imidazole rings is 1. The summed E-state index contributed by atoms with van der Waals surface area (Å²) >= 11 is 6.07. The first kappa shape index (κ1) is 21.8. The molecular weight excluding hydrogens is 467 g/mol. The van der Waals surface area contributed by atoms with Crippen molar-refractivity contribution in [2.24, 2.45) is 5.73 Å². The third-order valence-corrected chi connectivity index (χ3v) is 7.42. The summed E-state index contributed by atoms with van der Waals surface area (Å²) in [6, 6.07) is 10.2. The molecule has 2 fully saturated rings. The number of piperidine rings is 1. The summed E-state index contributed by atoms with van der Waals surface area (Å²) in [6.45, 7) is 7.20. The molecule has 9 heteroatoms. The molecule has 2 atom stereocenters. The van der Waals surface area contributed by atoms with Gasteiger partial charge in [-0.3, -0.25) is 4.40 Å². The van der Waals surface area contributed by atoms with E-state index in [-0.39, 0.29) is 34.6 Å². The Hall–Kier alpha value is -3.67. The van der Waals surface area contributed by atoms with E-state index >= 15 is 0 Å². The molecule has 4 aromatic rings. The van der Waals surface area contributed by atoms with Gasteiger partial charge in [-0.1, -0.05) is 29.8 Å². The number of aromatic nitrogens is 3. The quantitative estimate of drug-likeness (QED) is 0.368. The lowest BCUT2D eigenvalue weighted by Gasteiger charge is -2.39. The number of anilines is 1. The number of rotatable bonds is 3. The first-order valence-corrected chi connectivity index (χ1v) is 11.9. The summed E-state index contributed by atoms with van der Waals surface area (Å²) in [4.78, 5) is 15.3. The van der Waals surface area contributed by atoms with Crippen LogP contribution in [0.3, 0.4) is 0 Å². The highest BCUT2D eigenvalue weighted by molar-refractivity contribution is 6.32. The summed E-state index contributed by atoms with van der Waals surface area (Å²) in [5.41, 5.74) is 9.23. The van der Waals surface area contributed by atoms with Gasteiger partial charge in [0.2, 0.25) is 11.6 Å². The number of hydrogen-bond donors (Lipinski definition) is 2. The number of halogens is 2. The molecule has 0 spiro atoms. The minimum Gasteiger partial charge on any atom is -0.506 e. The van der Waals surface area contributed by atoms with Crippen LogP contribution < -0.4 is 10.6 Å². The molecule has 4 heterocycles. The Morgan fingerprint density at radius 2 is 1.86 bits per heavy atom. The number of hydrogen-bond acceptors (Lipinski definition) is 5. The molecule has 2 unspecified atom stereocenters. The number of fused-ring (bicyclic) bond motifs is 3. The highest BCUT2D eigenvalue weighted by atomic mass is 35.5. The number of benzene rings is 2. The molecule has 2 aliphatic heterocycles. The second-order valence-electron chi connectivity index (χ2n) is 9.22. The molecule has 2 aromatic carbocycles. The van der Waals surface area contributed by atoms with Crippen LogP contribution in [0.4, 0.5) is 16.0 Å². The van der Waals surface area contributed by atoms with Crippen molar-refractivity contribution in [3.63, 3.8) is 0 Å². The molecule has 0 amide bonds. The summed E-state index contributed by atoms with van der Waals surface area (Å²) in [7, 11) is 0. The van der Waals surface area contributed by atoms with Gasteiger partial charge in [0.05, 0.1) is 22.9 Å². The molecule has 176 valence electrons. The van der Waals surface area contributed by atoms with Crippen molar-refractivity contribution >= 4 is 28.9 Å². The van der Waals surface area contributed by atoms with Crippen molar-refractivity contribution in [3.8, 4) is 28.1 Å². The first-order chi connectivity index (χ1) is 16.9. The lowest BCUT2D eigenvalue weighted by molar-refractivity contribution is 0.408. The Labute approximate surface area is 206 Å². The van der Waals surface area contributed by atoms with E-state index in [2.05, 4.69) is 14.7 Å². The fourth-order valence-electron chi connectivity index (χ4n) is 5.58. The van der Waals surface area contributed by atoms with Crippen molar-refractivity contribution in [3.05, 3.63) is 71.0 Å². The molecule has 2 bridgehead atoms. The zero-order valence-electron chi connectivity index (χ0n) is 18.7. The van der Waals surface area contributed by atoms with E-state index < -0.39 is 5.82 Å². The van der Waals surface area contributed by atoms with Crippen LogP contribution in [0.25, 0.3) is 32.9 Å². The Kier molecular flexibility index (Phi) is 5.13. The van der Waals surface area contributed by atoms with E-state index in [0.29, 0.717) is 28.0 Å². The highest BCUT2D eigenvalue weighted by Crippen LogP contribution is 2.43. The van der Waals surface area contributed by atoms with Crippen LogP contribution in [-0.2, 0) is 0 Å². The van der Waals surface area contributed by atoms with Gasteiger partial charge in [0, 0.05) is 36.1 Å². The van der Waals surface area contributed by atoms with Gasteiger partial charge in [0.15, 0.2) is 0 Å². The number of aromatic hydroxyl groups is 1. The van der Waals surface area contributed by atoms with E-state index in [1.807, 2.05) is 10.6 Å². The minimum absolute atomic E-state index is 0.0513. The summed E-state index contributed by atoms with van der Waals surface area (Å²) in [6.07, 6.45) is 7.47. The lowest BCUT2D eigenvalue weighted by atomic mass is 9.97. The molecule has 6 rings (SSSR count). The number of nitrogens with zero attached hydrogens (tertiary/aromatic N) is 5. The molecular formula is C26H22ClFN6O. The van der Waals surface area contributed by atoms with Crippen LogP contribution in [0.1, 0.15) is 25.7 Å². The maximum atomic E-state index is 14.7. The van der Waals surface area contributed by atoms with Gasteiger partial charge in [-0.15, -0.1) is 0 Å². The molecule has 7 nitrogen and oxygen atoms in total. The van der Waals surface area contributed by atoms with Gasteiger partial charge in [-0.25, -0.2) is 19.2 Å². The van der Waals surface area contributed by atoms with Gasteiger partial charge < -0.3 is 15.7 Å². The molecule has 2 aromatic heterocycles. The van der Waals surface area contributed by atoms with Gasteiger partial charge in [0.1, 0.15) is 17.2 Å². The third kappa shape index (κ3) is 3.51. The average Bonchev–Trinajstić information content (AvgIpc) is 3.43. The fourth-order valence-corrected chi connectivity index (χ4v) is 5.70. The molecule has 3 N–H and O–H groups in total.